The molecular weight excluding hydrogens is 198 g/mol. The van der Waals surface area contributed by atoms with Gasteiger partial charge in [-0.1, -0.05) is 36.4 Å². The van der Waals surface area contributed by atoms with Gasteiger partial charge in [0.1, 0.15) is 0 Å². The maximum Gasteiger partial charge on any atom is 0.0719 e. The summed E-state index contributed by atoms with van der Waals surface area (Å²) >= 11 is 0. The zero-order chi connectivity index (χ0) is 11.4. The van der Waals surface area contributed by atoms with Crippen molar-refractivity contribution in [3.8, 4) is 11.1 Å². The molecule has 0 unspecified atom stereocenters. The summed E-state index contributed by atoms with van der Waals surface area (Å²) in [7, 11) is 1.71. The van der Waals surface area contributed by atoms with E-state index in [1.807, 2.05) is 36.4 Å². The molecule has 2 nitrogen and oxygen atoms in total. The zero-order valence-electron chi connectivity index (χ0n) is 9.31. The number of ether oxygens (including phenoxy) is 1. The molecule has 0 atom stereocenters. The number of nitrogens with two attached hydrogens (primary N) is 1. The lowest BCUT2D eigenvalue weighted by molar-refractivity contribution is 0.185. The first-order valence-electron chi connectivity index (χ1n) is 5.24. The van der Waals surface area contributed by atoms with Gasteiger partial charge >= 0.3 is 0 Å². The van der Waals surface area contributed by atoms with E-state index in [0.717, 1.165) is 5.69 Å². The van der Waals surface area contributed by atoms with Crippen molar-refractivity contribution in [1.82, 2.24) is 0 Å². The van der Waals surface area contributed by atoms with E-state index in [2.05, 4.69) is 12.1 Å². The van der Waals surface area contributed by atoms with E-state index in [0.29, 0.717) is 6.61 Å². The fraction of sp³-hybridized carbons (Fsp3) is 0.143. The van der Waals surface area contributed by atoms with Gasteiger partial charge in [0.05, 0.1) is 6.61 Å². The average Bonchev–Trinajstić information content (AvgIpc) is 2.32. The Kier molecular flexibility index (Phi) is 3.22. The van der Waals surface area contributed by atoms with Gasteiger partial charge in [0.2, 0.25) is 0 Å². The van der Waals surface area contributed by atoms with Crippen LogP contribution in [0.3, 0.4) is 0 Å². The van der Waals surface area contributed by atoms with Crippen LogP contribution in [0.4, 0.5) is 5.69 Å². The lowest BCUT2D eigenvalue weighted by Gasteiger charge is -2.08. The Labute approximate surface area is 95.7 Å². The molecule has 0 amide bonds. The first-order chi connectivity index (χ1) is 7.81. The predicted molar refractivity (Wildman–Crippen MR) is 67.0 cm³/mol. The van der Waals surface area contributed by atoms with Crippen LogP contribution in [-0.2, 0) is 11.3 Å². The minimum atomic E-state index is 0.626. The molecular formula is C14H15NO. The molecule has 2 aromatic rings. The summed E-state index contributed by atoms with van der Waals surface area (Å²) in [6.07, 6.45) is 0. The molecule has 2 heteroatoms. The minimum Gasteiger partial charge on any atom is -0.399 e. The van der Waals surface area contributed by atoms with Crippen molar-refractivity contribution in [2.45, 2.75) is 6.61 Å². The summed E-state index contributed by atoms with van der Waals surface area (Å²) in [5.74, 6) is 0. The molecule has 0 aliphatic rings. The van der Waals surface area contributed by atoms with Gasteiger partial charge in [0.15, 0.2) is 0 Å². The van der Waals surface area contributed by atoms with E-state index in [1.54, 1.807) is 7.11 Å². The number of methoxy groups -OCH3 is 1. The molecule has 0 heterocycles. The van der Waals surface area contributed by atoms with E-state index in [1.165, 1.54) is 16.7 Å². The SMILES string of the molecule is COCc1ccccc1-c1ccc(N)cc1. The zero-order valence-corrected chi connectivity index (χ0v) is 9.31. The highest BCUT2D eigenvalue weighted by Crippen LogP contribution is 2.24. The Balaban J connectivity index is 2.42. The van der Waals surface area contributed by atoms with Gasteiger partial charge in [-0.25, -0.2) is 0 Å². The topological polar surface area (TPSA) is 35.2 Å². The first kappa shape index (κ1) is 10.7. The highest BCUT2D eigenvalue weighted by molar-refractivity contribution is 5.68. The van der Waals surface area contributed by atoms with Gasteiger partial charge in [-0.15, -0.1) is 0 Å². The Morgan fingerprint density at radius 1 is 1.00 bits per heavy atom. The van der Waals surface area contributed by atoms with E-state index in [-0.39, 0.29) is 0 Å². The summed E-state index contributed by atoms with van der Waals surface area (Å²) in [6, 6.07) is 16.1. The third-order valence-electron chi connectivity index (χ3n) is 2.54. The van der Waals surface area contributed by atoms with Crippen LogP contribution in [0, 0.1) is 0 Å². The summed E-state index contributed by atoms with van der Waals surface area (Å²) in [5.41, 5.74) is 10.0. The average molecular weight is 213 g/mol. The molecule has 2 N–H and O–H groups in total. The van der Waals surface area contributed by atoms with Crippen LogP contribution in [0.2, 0.25) is 0 Å². The Hall–Kier alpha value is -1.80. The van der Waals surface area contributed by atoms with Crippen molar-refractivity contribution >= 4 is 5.69 Å². The van der Waals surface area contributed by atoms with Gasteiger partial charge in [-0.2, -0.15) is 0 Å². The lowest BCUT2D eigenvalue weighted by Crippen LogP contribution is -1.92. The second-order valence-corrected chi connectivity index (χ2v) is 3.71. The van der Waals surface area contributed by atoms with E-state index in [4.69, 9.17) is 10.5 Å². The number of hydrogen-bond donors (Lipinski definition) is 1. The standard InChI is InChI=1S/C14H15NO/c1-16-10-12-4-2-3-5-14(12)11-6-8-13(15)9-7-11/h2-9H,10,15H2,1H3. The molecule has 2 aromatic carbocycles. The second-order valence-electron chi connectivity index (χ2n) is 3.71. The predicted octanol–water partition coefficient (Wildman–Crippen LogP) is 3.08. The Morgan fingerprint density at radius 2 is 1.69 bits per heavy atom. The van der Waals surface area contributed by atoms with E-state index in [9.17, 15) is 0 Å². The minimum absolute atomic E-state index is 0.626. The van der Waals surface area contributed by atoms with Crippen LogP contribution in [0.1, 0.15) is 5.56 Å². The van der Waals surface area contributed by atoms with Crippen LogP contribution in [0.15, 0.2) is 48.5 Å². The van der Waals surface area contributed by atoms with Gasteiger partial charge in [0.25, 0.3) is 0 Å². The molecule has 0 aliphatic heterocycles. The third kappa shape index (κ3) is 2.23. The van der Waals surface area contributed by atoms with Crippen molar-refractivity contribution < 1.29 is 4.74 Å². The largest absolute Gasteiger partial charge is 0.399 e. The second kappa shape index (κ2) is 4.81. The molecule has 0 aliphatic carbocycles. The summed E-state index contributed by atoms with van der Waals surface area (Å²) in [4.78, 5) is 0. The molecule has 16 heavy (non-hydrogen) atoms. The van der Waals surface area contributed by atoms with Crippen molar-refractivity contribution in [2.75, 3.05) is 12.8 Å². The molecule has 0 bridgehead atoms. The molecule has 82 valence electrons. The maximum atomic E-state index is 5.68. The smallest absolute Gasteiger partial charge is 0.0719 e. The summed E-state index contributed by atoms with van der Waals surface area (Å²) in [6.45, 7) is 0.626. The van der Waals surface area contributed by atoms with E-state index >= 15 is 0 Å². The maximum absolute atomic E-state index is 5.68. The van der Waals surface area contributed by atoms with Gasteiger partial charge in [0, 0.05) is 12.8 Å². The fourth-order valence-electron chi connectivity index (χ4n) is 1.75. The van der Waals surface area contributed by atoms with Crippen molar-refractivity contribution in [3.05, 3.63) is 54.1 Å². The van der Waals surface area contributed by atoms with Gasteiger partial charge in [-0.3, -0.25) is 0 Å². The monoisotopic (exact) mass is 213 g/mol. The van der Waals surface area contributed by atoms with Gasteiger partial charge < -0.3 is 10.5 Å². The molecule has 2 rings (SSSR count). The van der Waals surface area contributed by atoms with E-state index < -0.39 is 0 Å². The van der Waals surface area contributed by atoms with Crippen LogP contribution in [0.25, 0.3) is 11.1 Å². The van der Waals surface area contributed by atoms with Crippen LogP contribution in [-0.4, -0.2) is 7.11 Å². The molecule has 0 aromatic heterocycles. The Bertz CT molecular complexity index is 462. The van der Waals surface area contributed by atoms with Crippen molar-refractivity contribution in [2.24, 2.45) is 0 Å². The van der Waals surface area contributed by atoms with Crippen molar-refractivity contribution in [1.29, 1.82) is 0 Å². The molecule has 0 fully saturated rings. The van der Waals surface area contributed by atoms with Crippen LogP contribution < -0.4 is 5.73 Å². The molecule has 0 spiro atoms. The Morgan fingerprint density at radius 3 is 2.38 bits per heavy atom. The highest BCUT2D eigenvalue weighted by Gasteiger charge is 2.03. The summed E-state index contributed by atoms with van der Waals surface area (Å²) in [5, 5.41) is 0. The number of hydrogen-bond acceptors (Lipinski definition) is 2. The number of rotatable bonds is 3. The highest BCUT2D eigenvalue weighted by atomic mass is 16.5. The molecule has 0 radical (unpaired) electrons. The lowest BCUT2D eigenvalue weighted by atomic mass is 10.00. The van der Waals surface area contributed by atoms with Crippen molar-refractivity contribution in [3.63, 3.8) is 0 Å². The number of benzene rings is 2. The summed E-state index contributed by atoms with van der Waals surface area (Å²) < 4.78 is 5.19. The third-order valence-corrected chi connectivity index (χ3v) is 2.54. The quantitative estimate of drug-likeness (QED) is 0.795. The fourth-order valence-corrected chi connectivity index (χ4v) is 1.75. The van der Waals surface area contributed by atoms with Gasteiger partial charge in [-0.05, 0) is 28.8 Å². The number of nitrogen functional groups attached to an aromatic ring is 1. The molecule has 0 saturated carbocycles. The van der Waals surface area contributed by atoms with Crippen LogP contribution >= 0.6 is 0 Å². The first-order valence-corrected chi connectivity index (χ1v) is 5.24. The van der Waals surface area contributed by atoms with Crippen LogP contribution in [0.5, 0.6) is 0 Å². The number of anilines is 1. The molecule has 0 saturated heterocycles. The normalized spacial score (nSPS) is 10.3.